The predicted molar refractivity (Wildman–Crippen MR) is 63.8 cm³/mol. The van der Waals surface area contributed by atoms with Crippen molar-refractivity contribution in [2.24, 2.45) is 11.5 Å². The molecule has 5 heteroatoms. The van der Waals surface area contributed by atoms with Crippen LogP contribution in [0.25, 0.3) is 0 Å². The fourth-order valence-corrected chi connectivity index (χ4v) is 1.23. The van der Waals surface area contributed by atoms with Crippen LogP contribution >= 0.6 is 0 Å². The lowest BCUT2D eigenvalue weighted by atomic mass is 10.1. The minimum Gasteiger partial charge on any atom is -0.402 e. The Hall–Kier alpha value is -2.17. The molecule has 0 saturated heterocycles. The number of aryl methyl sites for hydroxylation is 2. The minimum atomic E-state index is -0.999. The number of carbonyl (C=O) groups excluding carboxylic acids is 2. The van der Waals surface area contributed by atoms with Gasteiger partial charge in [0.2, 0.25) is 5.78 Å². The van der Waals surface area contributed by atoms with Crippen molar-refractivity contribution in [3.63, 3.8) is 0 Å². The minimum absolute atomic E-state index is 0.330. The van der Waals surface area contributed by atoms with Gasteiger partial charge in [0, 0.05) is 23.7 Å². The van der Waals surface area contributed by atoms with Crippen molar-refractivity contribution < 1.29 is 9.59 Å². The largest absolute Gasteiger partial charge is 0.402 e. The zero-order valence-electron chi connectivity index (χ0n) is 9.64. The molecule has 0 aromatic carbocycles. The molecule has 0 saturated carbocycles. The fourth-order valence-electron chi connectivity index (χ4n) is 1.23. The van der Waals surface area contributed by atoms with E-state index in [1.54, 1.807) is 6.20 Å². The number of rotatable bonds is 5. The number of carbonyl (C=O) groups is 2. The van der Waals surface area contributed by atoms with Crippen LogP contribution < -0.4 is 11.5 Å². The molecule has 0 bridgehead atoms. The molecule has 0 atom stereocenters. The van der Waals surface area contributed by atoms with Crippen LogP contribution in [-0.4, -0.2) is 16.7 Å². The van der Waals surface area contributed by atoms with Crippen molar-refractivity contribution in [1.29, 1.82) is 0 Å². The third-order valence-electron chi connectivity index (χ3n) is 2.20. The average molecular weight is 233 g/mol. The summed E-state index contributed by atoms with van der Waals surface area (Å²) in [5, 5.41) is 0. The van der Waals surface area contributed by atoms with Crippen LogP contribution in [0.4, 0.5) is 0 Å². The summed E-state index contributed by atoms with van der Waals surface area (Å²) in [6.45, 7) is 1.95. The Kier molecular flexibility index (Phi) is 4.39. The summed E-state index contributed by atoms with van der Waals surface area (Å²) in [5.74, 6) is -1.78. The van der Waals surface area contributed by atoms with Gasteiger partial charge in [-0.05, 0) is 31.4 Å². The zero-order valence-corrected chi connectivity index (χ0v) is 9.64. The van der Waals surface area contributed by atoms with Gasteiger partial charge >= 0.3 is 0 Å². The molecule has 90 valence electrons. The quantitative estimate of drug-likeness (QED) is 0.561. The van der Waals surface area contributed by atoms with Crippen LogP contribution in [0.15, 0.2) is 30.1 Å². The van der Waals surface area contributed by atoms with Gasteiger partial charge in [0.1, 0.15) is 0 Å². The molecule has 17 heavy (non-hydrogen) atoms. The van der Waals surface area contributed by atoms with Gasteiger partial charge in [-0.3, -0.25) is 14.6 Å². The van der Waals surface area contributed by atoms with E-state index in [1.807, 2.05) is 19.1 Å². The highest BCUT2D eigenvalue weighted by atomic mass is 16.2. The van der Waals surface area contributed by atoms with Crippen LogP contribution in [0.2, 0.25) is 0 Å². The van der Waals surface area contributed by atoms with E-state index < -0.39 is 11.7 Å². The van der Waals surface area contributed by atoms with Gasteiger partial charge in [0.05, 0.1) is 0 Å². The molecule has 0 unspecified atom stereocenters. The van der Waals surface area contributed by atoms with E-state index in [-0.39, 0.29) is 0 Å². The van der Waals surface area contributed by atoms with Crippen molar-refractivity contribution in [2.75, 3.05) is 0 Å². The van der Waals surface area contributed by atoms with Gasteiger partial charge in [-0.1, -0.05) is 6.07 Å². The summed E-state index contributed by atoms with van der Waals surface area (Å²) < 4.78 is 0. The van der Waals surface area contributed by atoms with E-state index in [1.165, 1.54) is 0 Å². The number of allylic oxidation sites excluding steroid dienone is 1. The molecular formula is C12H15N3O2. The maximum Gasteiger partial charge on any atom is 0.289 e. The Bertz CT molecular complexity index is 449. The lowest BCUT2D eigenvalue weighted by molar-refractivity contribution is -0.133. The molecule has 0 aliphatic rings. The van der Waals surface area contributed by atoms with Crippen LogP contribution in [0.1, 0.15) is 17.7 Å². The second-order valence-corrected chi connectivity index (χ2v) is 3.77. The van der Waals surface area contributed by atoms with Crippen molar-refractivity contribution >= 4 is 11.7 Å². The predicted octanol–water partition coefficient (Wildman–Crippen LogP) is 0.220. The molecule has 0 aliphatic carbocycles. The van der Waals surface area contributed by atoms with E-state index in [0.717, 1.165) is 17.3 Å². The molecule has 1 heterocycles. The fraction of sp³-hybridized carbons (Fsp3) is 0.250. The molecule has 1 aromatic heterocycles. The summed E-state index contributed by atoms with van der Waals surface area (Å²) in [6, 6.07) is 3.86. The number of nitrogens with two attached hydrogens (primary N) is 2. The van der Waals surface area contributed by atoms with Crippen LogP contribution in [-0.2, 0) is 16.0 Å². The molecule has 5 nitrogen and oxygen atoms in total. The second kappa shape index (κ2) is 5.79. The lowest BCUT2D eigenvalue weighted by Crippen LogP contribution is -2.22. The van der Waals surface area contributed by atoms with Crippen molar-refractivity contribution in [3.05, 3.63) is 41.4 Å². The number of aromatic nitrogens is 1. The van der Waals surface area contributed by atoms with Crippen molar-refractivity contribution in [2.45, 2.75) is 19.8 Å². The Morgan fingerprint density at radius 2 is 2.06 bits per heavy atom. The first kappa shape index (κ1) is 12.9. The SMILES string of the molecule is Cc1ccc(CC/C(N)=C/C(=O)C(N)=O)nc1. The van der Waals surface area contributed by atoms with E-state index >= 15 is 0 Å². The number of pyridine rings is 1. The summed E-state index contributed by atoms with van der Waals surface area (Å²) in [5.41, 5.74) is 12.7. The highest BCUT2D eigenvalue weighted by molar-refractivity contribution is 6.40. The van der Waals surface area contributed by atoms with Crippen LogP contribution in [0, 0.1) is 6.92 Å². The molecule has 0 spiro atoms. The summed E-state index contributed by atoms with van der Waals surface area (Å²) in [6.07, 6.45) is 3.92. The number of amides is 1. The molecule has 0 fully saturated rings. The van der Waals surface area contributed by atoms with E-state index in [2.05, 4.69) is 4.98 Å². The third kappa shape index (κ3) is 4.46. The Morgan fingerprint density at radius 3 is 2.59 bits per heavy atom. The maximum absolute atomic E-state index is 11.0. The molecule has 0 radical (unpaired) electrons. The summed E-state index contributed by atoms with van der Waals surface area (Å²) in [4.78, 5) is 25.7. The van der Waals surface area contributed by atoms with Gasteiger partial charge in [0.25, 0.3) is 5.91 Å². The molecular weight excluding hydrogens is 218 g/mol. The van der Waals surface area contributed by atoms with Gasteiger partial charge in [-0.25, -0.2) is 0 Å². The van der Waals surface area contributed by atoms with E-state index in [9.17, 15) is 9.59 Å². The Morgan fingerprint density at radius 1 is 1.35 bits per heavy atom. The Balaban J connectivity index is 2.53. The summed E-state index contributed by atoms with van der Waals surface area (Å²) in [7, 11) is 0. The van der Waals surface area contributed by atoms with Crippen LogP contribution in [0.5, 0.6) is 0 Å². The van der Waals surface area contributed by atoms with Crippen molar-refractivity contribution in [1.82, 2.24) is 4.98 Å². The van der Waals surface area contributed by atoms with E-state index in [0.29, 0.717) is 18.5 Å². The number of nitrogens with zero attached hydrogens (tertiary/aromatic N) is 1. The number of ketones is 1. The first-order valence-electron chi connectivity index (χ1n) is 5.20. The molecule has 4 N–H and O–H groups in total. The lowest BCUT2D eigenvalue weighted by Gasteiger charge is -2.01. The zero-order chi connectivity index (χ0) is 12.8. The van der Waals surface area contributed by atoms with Crippen LogP contribution in [0.3, 0.4) is 0 Å². The van der Waals surface area contributed by atoms with Gasteiger partial charge in [-0.15, -0.1) is 0 Å². The molecule has 1 rings (SSSR count). The standard InChI is InChI=1S/C12H15N3O2/c1-8-2-4-10(15-7-8)5-3-9(13)6-11(16)12(14)17/h2,4,6-7H,3,5,13H2,1H3,(H2,14,17)/b9-6-. The summed E-state index contributed by atoms with van der Waals surface area (Å²) >= 11 is 0. The molecule has 0 aliphatic heterocycles. The average Bonchev–Trinajstić information content (AvgIpc) is 2.28. The molecule has 1 aromatic rings. The highest BCUT2D eigenvalue weighted by Crippen LogP contribution is 2.04. The van der Waals surface area contributed by atoms with Gasteiger partial charge in [-0.2, -0.15) is 0 Å². The third-order valence-corrected chi connectivity index (χ3v) is 2.20. The molecule has 1 amide bonds. The first-order valence-corrected chi connectivity index (χ1v) is 5.20. The number of primary amides is 1. The van der Waals surface area contributed by atoms with E-state index in [4.69, 9.17) is 11.5 Å². The Labute approximate surface area is 99.5 Å². The highest BCUT2D eigenvalue weighted by Gasteiger charge is 2.06. The monoisotopic (exact) mass is 233 g/mol. The number of hydrogen-bond donors (Lipinski definition) is 2. The van der Waals surface area contributed by atoms with Gasteiger partial charge in [0.15, 0.2) is 0 Å². The normalized spacial score (nSPS) is 11.2. The topological polar surface area (TPSA) is 99.1 Å². The first-order chi connectivity index (χ1) is 7.99. The smallest absolute Gasteiger partial charge is 0.289 e. The second-order valence-electron chi connectivity index (χ2n) is 3.77. The van der Waals surface area contributed by atoms with Crippen molar-refractivity contribution in [3.8, 4) is 0 Å². The maximum atomic E-state index is 11.0. The van der Waals surface area contributed by atoms with Gasteiger partial charge < -0.3 is 11.5 Å². The number of hydrogen-bond acceptors (Lipinski definition) is 4.